The van der Waals surface area contributed by atoms with Crippen molar-refractivity contribution in [1.82, 2.24) is 19.7 Å². The summed E-state index contributed by atoms with van der Waals surface area (Å²) in [6.07, 6.45) is 8.08. The van der Waals surface area contributed by atoms with Crippen LogP contribution in [0.25, 0.3) is 10.9 Å². The van der Waals surface area contributed by atoms with Gasteiger partial charge in [0.15, 0.2) is 0 Å². The van der Waals surface area contributed by atoms with E-state index in [2.05, 4.69) is 33.5 Å². The lowest BCUT2D eigenvalue weighted by Gasteiger charge is -2.34. The van der Waals surface area contributed by atoms with Gasteiger partial charge in [-0.25, -0.2) is 0 Å². The van der Waals surface area contributed by atoms with E-state index in [9.17, 15) is 0 Å². The van der Waals surface area contributed by atoms with Crippen molar-refractivity contribution in [3.8, 4) is 0 Å². The van der Waals surface area contributed by atoms with Gasteiger partial charge in [0.2, 0.25) is 0 Å². The van der Waals surface area contributed by atoms with Crippen LogP contribution in [0.1, 0.15) is 32.7 Å². The van der Waals surface area contributed by atoms with Gasteiger partial charge < -0.3 is 4.90 Å². The van der Waals surface area contributed by atoms with Crippen LogP contribution in [0.3, 0.4) is 0 Å². The molecule has 0 spiro atoms. The van der Waals surface area contributed by atoms with Gasteiger partial charge in [-0.05, 0) is 32.8 Å². The van der Waals surface area contributed by atoms with Crippen molar-refractivity contribution >= 4 is 10.9 Å². The summed E-state index contributed by atoms with van der Waals surface area (Å²) in [6, 6.07) is 3.21. The predicted molar refractivity (Wildman–Crippen MR) is 72.5 cm³/mol. The number of fused-ring (bicyclic) bond motifs is 1. The Morgan fingerprint density at radius 2 is 2.00 bits per heavy atom. The molecule has 1 aliphatic heterocycles. The standard InChI is InChI=1S/C14H20N4/c1-11(2)17-7-4-13(5-8-17)18-14-10-15-6-3-12(14)9-16-18/h3,6,9-11,13H,4-5,7-8H2,1-2H3. The molecule has 0 N–H and O–H groups in total. The van der Waals surface area contributed by atoms with E-state index in [1.165, 1.54) is 36.8 Å². The molecule has 0 saturated carbocycles. The molecule has 0 radical (unpaired) electrons. The average Bonchev–Trinajstić information content (AvgIpc) is 2.82. The third kappa shape index (κ3) is 2.01. The van der Waals surface area contributed by atoms with Crippen molar-refractivity contribution in [3.05, 3.63) is 24.7 Å². The Kier molecular flexibility index (Phi) is 3.04. The van der Waals surface area contributed by atoms with Gasteiger partial charge in [0.05, 0.1) is 24.0 Å². The molecule has 0 aliphatic carbocycles. The minimum atomic E-state index is 0.529. The highest BCUT2D eigenvalue weighted by molar-refractivity contribution is 5.77. The van der Waals surface area contributed by atoms with Gasteiger partial charge in [-0.3, -0.25) is 9.67 Å². The first-order chi connectivity index (χ1) is 8.75. The quantitative estimate of drug-likeness (QED) is 0.814. The average molecular weight is 244 g/mol. The van der Waals surface area contributed by atoms with Crippen LogP contribution >= 0.6 is 0 Å². The second-order valence-corrected chi connectivity index (χ2v) is 5.38. The lowest BCUT2D eigenvalue weighted by molar-refractivity contribution is 0.149. The molecular formula is C14H20N4. The van der Waals surface area contributed by atoms with Gasteiger partial charge in [-0.15, -0.1) is 0 Å². The second kappa shape index (κ2) is 4.69. The fourth-order valence-electron chi connectivity index (χ4n) is 2.82. The zero-order valence-corrected chi connectivity index (χ0v) is 11.1. The Morgan fingerprint density at radius 3 is 2.72 bits per heavy atom. The summed E-state index contributed by atoms with van der Waals surface area (Å²) in [4.78, 5) is 6.75. The molecule has 0 amide bonds. The Hall–Kier alpha value is -1.42. The van der Waals surface area contributed by atoms with Gasteiger partial charge >= 0.3 is 0 Å². The molecule has 3 rings (SSSR count). The minimum Gasteiger partial charge on any atom is -0.301 e. The van der Waals surface area contributed by atoms with Gasteiger partial charge in [0, 0.05) is 30.7 Å². The summed E-state index contributed by atoms with van der Waals surface area (Å²) in [5, 5.41) is 5.74. The van der Waals surface area contributed by atoms with Crippen molar-refractivity contribution in [1.29, 1.82) is 0 Å². The normalized spacial score (nSPS) is 18.8. The monoisotopic (exact) mass is 244 g/mol. The van der Waals surface area contributed by atoms with Crippen molar-refractivity contribution in [2.24, 2.45) is 0 Å². The number of pyridine rings is 1. The lowest BCUT2D eigenvalue weighted by atomic mass is 10.0. The fourth-order valence-corrected chi connectivity index (χ4v) is 2.82. The zero-order valence-electron chi connectivity index (χ0n) is 11.1. The Labute approximate surface area is 108 Å². The zero-order chi connectivity index (χ0) is 12.5. The molecule has 4 heteroatoms. The van der Waals surface area contributed by atoms with Crippen molar-refractivity contribution < 1.29 is 0 Å². The van der Waals surface area contributed by atoms with Crippen LogP contribution < -0.4 is 0 Å². The maximum Gasteiger partial charge on any atom is 0.0868 e. The van der Waals surface area contributed by atoms with E-state index < -0.39 is 0 Å². The topological polar surface area (TPSA) is 34.0 Å². The van der Waals surface area contributed by atoms with E-state index in [4.69, 9.17) is 0 Å². The molecule has 4 nitrogen and oxygen atoms in total. The summed E-state index contributed by atoms with van der Waals surface area (Å²) < 4.78 is 2.17. The molecule has 1 saturated heterocycles. The largest absolute Gasteiger partial charge is 0.301 e. The molecule has 2 aromatic heterocycles. The summed E-state index contributed by atoms with van der Waals surface area (Å²) in [6.45, 7) is 6.88. The van der Waals surface area contributed by atoms with E-state index >= 15 is 0 Å². The van der Waals surface area contributed by atoms with Crippen molar-refractivity contribution in [2.45, 2.75) is 38.8 Å². The molecule has 18 heavy (non-hydrogen) atoms. The summed E-state index contributed by atoms with van der Waals surface area (Å²) in [5.74, 6) is 0. The molecule has 0 bridgehead atoms. The fraction of sp³-hybridized carbons (Fsp3) is 0.571. The molecule has 2 aromatic rings. The molecule has 0 unspecified atom stereocenters. The molecule has 0 aromatic carbocycles. The smallest absolute Gasteiger partial charge is 0.0868 e. The first-order valence-electron chi connectivity index (χ1n) is 6.77. The first-order valence-corrected chi connectivity index (χ1v) is 6.77. The van der Waals surface area contributed by atoms with Crippen molar-refractivity contribution in [2.75, 3.05) is 13.1 Å². The second-order valence-electron chi connectivity index (χ2n) is 5.38. The Morgan fingerprint density at radius 1 is 1.22 bits per heavy atom. The third-order valence-corrected chi connectivity index (χ3v) is 3.98. The Balaban J connectivity index is 1.80. The Bertz CT molecular complexity index is 523. The summed E-state index contributed by atoms with van der Waals surface area (Å²) in [5.41, 5.74) is 1.17. The van der Waals surface area contributed by atoms with Crippen LogP contribution in [0.2, 0.25) is 0 Å². The first kappa shape index (κ1) is 11.7. The molecule has 3 heterocycles. The van der Waals surface area contributed by atoms with E-state index in [1.807, 2.05) is 24.7 Å². The highest BCUT2D eigenvalue weighted by atomic mass is 15.3. The molecule has 96 valence electrons. The van der Waals surface area contributed by atoms with Crippen LogP contribution in [0.15, 0.2) is 24.7 Å². The van der Waals surface area contributed by atoms with Crippen LogP contribution in [0.4, 0.5) is 0 Å². The van der Waals surface area contributed by atoms with Crippen LogP contribution in [0.5, 0.6) is 0 Å². The highest BCUT2D eigenvalue weighted by Gasteiger charge is 2.23. The van der Waals surface area contributed by atoms with Gasteiger partial charge in [-0.1, -0.05) is 0 Å². The summed E-state index contributed by atoms with van der Waals surface area (Å²) >= 11 is 0. The van der Waals surface area contributed by atoms with Gasteiger partial charge in [0.1, 0.15) is 0 Å². The summed E-state index contributed by atoms with van der Waals surface area (Å²) in [7, 11) is 0. The minimum absolute atomic E-state index is 0.529. The molecule has 1 fully saturated rings. The number of hydrogen-bond acceptors (Lipinski definition) is 3. The predicted octanol–water partition coefficient (Wildman–Crippen LogP) is 2.48. The maximum atomic E-state index is 4.55. The molecule has 1 aliphatic rings. The number of hydrogen-bond donors (Lipinski definition) is 0. The van der Waals surface area contributed by atoms with E-state index in [0.717, 1.165) is 0 Å². The van der Waals surface area contributed by atoms with Crippen LogP contribution in [-0.4, -0.2) is 38.8 Å². The molecule has 0 atom stereocenters. The van der Waals surface area contributed by atoms with Crippen LogP contribution in [0, 0.1) is 0 Å². The lowest BCUT2D eigenvalue weighted by Crippen LogP contribution is -2.39. The number of likely N-dealkylation sites (tertiary alicyclic amines) is 1. The maximum absolute atomic E-state index is 4.55. The number of nitrogens with zero attached hydrogens (tertiary/aromatic N) is 4. The van der Waals surface area contributed by atoms with Crippen molar-refractivity contribution in [3.63, 3.8) is 0 Å². The van der Waals surface area contributed by atoms with E-state index in [-0.39, 0.29) is 0 Å². The molecular weight excluding hydrogens is 224 g/mol. The number of piperidine rings is 1. The third-order valence-electron chi connectivity index (χ3n) is 3.98. The number of rotatable bonds is 2. The van der Waals surface area contributed by atoms with Crippen LogP contribution in [-0.2, 0) is 0 Å². The van der Waals surface area contributed by atoms with Gasteiger partial charge in [-0.2, -0.15) is 5.10 Å². The van der Waals surface area contributed by atoms with E-state index in [1.54, 1.807) is 0 Å². The van der Waals surface area contributed by atoms with Gasteiger partial charge in [0.25, 0.3) is 0 Å². The number of aromatic nitrogens is 3. The highest BCUT2D eigenvalue weighted by Crippen LogP contribution is 2.26. The van der Waals surface area contributed by atoms with E-state index in [0.29, 0.717) is 12.1 Å². The SMILES string of the molecule is CC(C)N1CCC(n2ncc3ccncc32)CC1.